The number of anilines is 2. The Kier molecular flexibility index (Phi) is 5.54. The Labute approximate surface area is 191 Å². The lowest BCUT2D eigenvalue weighted by Crippen LogP contribution is -2.54. The Morgan fingerprint density at radius 1 is 1.09 bits per heavy atom. The zero-order valence-corrected chi connectivity index (χ0v) is 17.7. The summed E-state index contributed by atoms with van der Waals surface area (Å²) in [6, 6.07) is 5.66. The first-order chi connectivity index (χ1) is 16.3. The first-order valence-corrected chi connectivity index (χ1v) is 10.6. The summed E-state index contributed by atoms with van der Waals surface area (Å²) in [5.41, 5.74) is 1.21. The molecule has 0 atom stereocenters. The predicted molar refractivity (Wildman–Crippen MR) is 114 cm³/mol. The van der Waals surface area contributed by atoms with E-state index in [4.69, 9.17) is 4.74 Å². The lowest BCUT2D eigenvalue weighted by Gasteiger charge is -2.41. The number of hydrogen-bond donors (Lipinski definition) is 1. The monoisotopic (exact) mass is 473 g/mol. The van der Waals surface area contributed by atoms with Gasteiger partial charge in [-0.25, -0.2) is 9.37 Å². The van der Waals surface area contributed by atoms with Gasteiger partial charge in [0.1, 0.15) is 17.7 Å². The van der Waals surface area contributed by atoms with Crippen molar-refractivity contribution in [2.45, 2.75) is 31.0 Å². The number of carbonyl (C=O) groups excluding carboxylic acids is 1. The van der Waals surface area contributed by atoms with Gasteiger partial charge in [0.15, 0.2) is 5.69 Å². The highest BCUT2D eigenvalue weighted by Gasteiger charge is 2.35. The Morgan fingerprint density at radius 3 is 2.56 bits per heavy atom. The fourth-order valence-corrected chi connectivity index (χ4v) is 3.78. The van der Waals surface area contributed by atoms with Crippen LogP contribution in [0.5, 0.6) is 5.75 Å². The zero-order valence-electron chi connectivity index (χ0n) is 17.7. The van der Waals surface area contributed by atoms with E-state index in [0.717, 1.165) is 30.5 Å². The van der Waals surface area contributed by atoms with E-state index >= 15 is 0 Å². The lowest BCUT2D eigenvalue weighted by molar-refractivity contribution is -0.137. The van der Waals surface area contributed by atoms with Crippen molar-refractivity contribution < 1.29 is 27.1 Å². The number of aromatic nitrogens is 3. The fourth-order valence-electron chi connectivity index (χ4n) is 3.78. The van der Waals surface area contributed by atoms with Gasteiger partial charge in [0, 0.05) is 12.3 Å². The van der Waals surface area contributed by atoms with Gasteiger partial charge in [-0.05, 0) is 48.6 Å². The Balaban J connectivity index is 1.32. The van der Waals surface area contributed by atoms with E-state index in [-0.39, 0.29) is 11.4 Å². The molecule has 0 bridgehead atoms. The highest BCUT2D eigenvalue weighted by molar-refractivity contribution is 6.06. The smallest absolute Gasteiger partial charge is 0.416 e. The molecule has 2 fully saturated rings. The second-order valence-corrected chi connectivity index (χ2v) is 8.31. The summed E-state index contributed by atoms with van der Waals surface area (Å²) in [5.74, 6) is -1.22. The molecule has 34 heavy (non-hydrogen) atoms. The SMILES string of the molecule is O=C(Nc1ccnnc1)c1ncc(C2CC2)cc1N1CC(Oc2cc(F)cc(C(F)(F)F)c2)C1. The first-order valence-electron chi connectivity index (χ1n) is 10.6. The number of benzene rings is 1. The molecule has 0 spiro atoms. The van der Waals surface area contributed by atoms with Crippen molar-refractivity contribution in [1.82, 2.24) is 15.2 Å². The largest absolute Gasteiger partial charge is 0.487 e. The van der Waals surface area contributed by atoms with Crippen LogP contribution in [0, 0.1) is 5.82 Å². The van der Waals surface area contributed by atoms with Gasteiger partial charge >= 0.3 is 6.18 Å². The molecule has 2 aromatic heterocycles. The van der Waals surface area contributed by atoms with Gasteiger partial charge in [0.25, 0.3) is 5.91 Å². The molecule has 7 nitrogen and oxygen atoms in total. The normalized spacial score (nSPS) is 16.2. The molecule has 0 radical (unpaired) electrons. The van der Waals surface area contributed by atoms with Crippen molar-refractivity contribution >= 4 is 17.3 Å². The minimum absolute atomic E-state index is 0.190. The van der Waals surface area contributed by atoms with Crippen LogP contribution in [0.15, 0.2) is 48.9 Å². The van der Waals surface area contributed by atoms with Crippen molar-refractivity contribution in [2.24, 2.45) is 0 Å². The summed E-state index contributed by atoms with van der Waals surface area (Å²) in [5, 5.41) is 10.1. The second-order valence-electron chi connectivity index (χ2n) is 8.31. The van der Waals surface area contributed by atoms with Crippen molar-refractivity contribution in [3.63, 3.8) is 0 Å². The van der Waals surface area contributed by atoms with E-state index in [0.29, 0.717) is 36.4 Å². The maximum atomic E-state index is 13.7. The van der Waals surface area contributed by atoms with Crippen molar-refractivity contribution in [3.05, 3.63) is 71.6 Å². The molecule has 1 N–H and O–H groups in total. The number of carbonyl (C=O) groups is 1. The van der Waals surface area contributed by atoms with Crippen LogP contribution in [-0.2, 0) is 6.18 Å². The molecule has 1 saturated carbocycles. The van der Waals surface area contributed by atoms with E-state index < -0.39 is 29.6 Å². The molecule has 176 valence electrons. The van der Waals surface area contributed by atoms with Gasteiger partial charge in [-0.15, -0.1) is 0 Å². The van der Waals surface area contributed by atoms with Crippen molar-refractivity contribution in [3.8, 4) is 5.75 Å². The lowest BCUT2D eigenvalue weighted by atomic mass is 10.1. The molecule has 1 amide bonds. The molecule has 11 heteroatoms. The predicted octanol–water partition coefficient (Wildman–Crippen LogP) is 4.43. The molecule has 5 rings (SSSR count). The fraction of sp³-hybridized carbons (Fsp3) is 0.304. The van der Waals surface area contributed by atoms with Crippen LogP contribution in [0.4, 0.5) is 28.9 Å². The Hall–Kier alpha value is -3.76. The highest BCUT2D eigenvalue weighted by atomic mass is 19.4. The summed E-state index contributed by atoms with van der Waals surface area (Å²) in [7, 11) is 0. The van der Waals surface area contributed by atoms with Crippen LogP contribution < -0.4 is 15.0 Å². The van der Waals surface area contributed by atoms with Gasteiger partial charge in [-0.1, -0.05) is 0 Å². The second kappa shape index (κ2) is 8.54. The molecule has 3 heterocycles. The minimum Gasteiger partial charge on any atom is -0.487 e. The van der Waals surface area contributed by atoms with E-state index in [2.05, 4.69) is 20.5 Å². The minimum atomic E-state index is -4.67. The average molecular weight is 473 g/mol. The number of hydrogen-bond acceptors (Lipinski definition) is 6. The third-order valence-corrected chi connectivity index (χ3v) is 5.68. The molecule has 1 aromatic carbocycles. The molecular weight excluding hydrogens is 454 g/mol. The van der Waals surface area contributed by atoms with Crippen LogP contribution >= 0.6 is 0 Å². The van der Waals surface area contributed by atoms with Gasteiger partial charge in [0.2, 0.25) is 0 Å². The number of alkyl halides is 3. The summed E-state index contributed by atoms with van der Waals surface area (Å²) in [4.78, 5) is 19.2. The third kappa shape index (κ3) is 4.78. The van der Waals surface area contributed by atoms with Crippen LogP contribution in [0.2, 0.25) is 0 Å². The molecule has 3 aromatic rings. The average Bonchev–Trinajstić information content (AvgIpc) is 3.61. The van der Waals surface area contributed by atoms with Crippen LogP contribution in [0.1, 0.15) is 40.4 Å². The summed E-state index contributed by atoms with van der Waals surface area (Å²) in [6.07, 6.45) is 1.54. The maximum Gasteiger partial charge on any atom is 0.416 e. The maximum absolute atomic E-state index is 13.7. The number of halogens is 4. The van der Waals surface area contributed by atoms with E-state index in [1.807, 2.05) is 11.0 Å². The number of ether oxygens (including phenoxy) is 1. The summed E-state index contributed by atoms with van der Waals surface area (Å²) >= 11 is 0. The number of amides is 1. The topological polar surface area (TPSA) is 80.2 Å². The summed E-state index contributed by atoms with van der Waals surface area (Å²) in [6.45, 7) is 0.621. The number of pyridine rings is 1. The molecule has 1 saturated heterocycles. The third-order valence-electron chi connectivity index (χ3n) is 5.68. The molecule has 0 unspecified atom stereocenters. The van der Waals surface area contributed by atoms with Crippen molar-refractivity contribution in [2.75, 3.05) is 23.3 Å². The molecule has 1 aliphatic heterocycles. The Morgan fingerprint density at radius 2 is 1.88 bits per heavy atom. The molecular formula is C23H19F4N5O2. The van der Waals surface area contributed by atoms with Crippen molar-refractivity contribution in [1.29, 1.82) is 0 Å². The highest BCUT2D eigenvalue weighted by Crippen LogP contribution is 2.42. The Bertz CT molecular complexity index is 1210. The van der Waals surface area contributed by atoms with Gasteiger partial charge < -0.3 is 15.0 Å². The number of rotatable bonds is 6. The zero-order chi connectivity index (χ0) is 23.9. The first kappa shape index (κ1) is 22.1. The molecule has 2 aliphatic rings. The molecule has 1 aliphatic carbocycles. The van der Waals surface area contributed by atoms with Crippen LogP contribution in [0.3, 0.4) is 0 Å². The number of nitrogens with zero attached hydrogens (tertiary/aromatic N) is 4. The summed E-state index contributed by atoms with van der Waals surface area (Å²) < 4.78 is 58.2. The van der Waals surface area contributed by atoms with Crippen LogP contribution in [-0.4, -0.2) is 40.3 Å². The van der Waals surface area contributed by atoms with E-state index in [9.17, 15) is 22.4 Å². The van der Waals surface area contributed by atoms with Gasteiger partial charge in [-0.3, -0.25) is 4.79 Å². The van der Waals surface area contributed by atoms with Gasteiger partial charge in [-0.2, -0.15) is 23.4 Å². The standard InChI is InChI=1S/C23H19F4N5O2/c24-16-6-15(23(25,26)27)7-18(8-16)34-19-11-32(12-19)20-5-14(13-1-2-13)9-28-21(20)22(33)31-17-3-4-29-30-10-17/h3-10,13,19H,1-2,11-12H2,(H,29,31,33). The number of nitrogens with one attached hydrogen (secondary N) is 1. The van der Waals surface area contributed by atoms with E-state index in [1.54, 1.807) is 12.3 Å². The van der Waals surface area contributed by atoms with Gasteiger partial charge in [0.05, 0.1) is 42.4 Å². The van der Waals surface area contributed by atoms with Crippen LogP contribution in [0.25, 0.3) is 0 Å². The quantitative estimate of drug-likeness (QED) is 0.534. The van der Waals surface area contributed by atoms with E-state index in [1.165, 1.54) is 12.4 Å².